The fraction of sp³-hybridized carbons (Fsp3) is 0.143. The molecule has 0 heterocycles. The molecule has 1 rings (SSSR count). The van der Waals surface area contributed by atoms with Crippen LogP contribution >= 0.6 is 29.7 Å². The summed E-state index contributed by atoms with van der Waals surface area (Å²) < 4.78 is 27.8. The molecule has 0 unspecified atom stereocenters. The van der Waals surface area contributed by atoms with Gasteiger partial charge in [0.25, 0.3) is 0 Å². The first-order chi connectivity index (χ1) is 6.58. The van der Waals surface area contributed by atoms with Gasteiger partial charge in [-0.25, -0.2) is 0 Å². The normalized spacial score (nSPS) is 11.6. The first-order valence-corrected chi connectivity index (χ1v) is 12.0. The van der Waals surface area contributed by atoms with Gasteiger partial charge in [0.15, 0.2) is 0 Å². The van der Waals surface area contributed by atoms with Crippen LogP contribution in [0.15, 0.2) is 30.3 Å². The molecular formula is C7H9AsO3S3. The van der Waals surface area contributed by atoms with Crippen LogP contribution in [0, 0.1) is 0 Å². The van der Waals surface area contributed by atoms with Gasteiger partial charge in [0, 0.05) is 0 Å². The predicted molar refractivity (Wildman–Crippen MR) is 63.8 cm³/mol. The van der Waals surface area contributed by atoms with Crippen LogP contribution in [0.1, 0.15) is 5.56 Å². The molecule has 3 nitrogen and oxygen atoms in total. The van der Waals surface area contributed by atoms with E-state index in [9.17, 15) is 3.74 Å². The van der Waals surface area contributed by atoms with Crippen LogP contribution in [0.2, 0.25) is 0 Å². The summed E-state index contributed by atoms with van der Waals surface area (Å²) in [4.78, 5) is 0. The number of rotatable bonds is 5. The predicted octanol–water partition coefficient (Wildman–Crippen LogP) is 2.07. The zero-order chi connectivity index (χ0) is 10.4. The Morgan fingerprint density at radius 1 is 1.21 bits per heavy atom. The van der Waals surface area contributed by atoms with Crippen molar-refractivity contribution in [2.45, 2.75) is 5.75 Å². The van der Waals surface area contributed by atoms with E-state index in [1.165, 1.54) is 10.8 Å². The van der Waals surface area contributed by atoms with E-state index in [4.69, 9.17) is 8.19 Å². The maximum absolute atomic E-state index is 10.5. The van der Waals surface area contributed by atoms with E-state index < -0.39 is 13.0 Å². The molecule has 1 aromatic rings. The molecule has 0 atom stereocenters. The van der Waals surface area contributed by atoms with E-state index in [-0.39, 0.29) is 0 Å². The Labute approximate surface area is 95.8 Å². The van der Waals surface area contributed by atoms with Gasteiger partial charge in [-0.05, 0) is 0 Å². The van der Waals surface area contributed by atoms with Crippen LogP contribution in [0.3, 0.4) is 0 Å². The molecule has 7 heteroatoms. The Balaban J connectivity index is 2.20. The Bertz CT molecular complexity index is 313. The van der Waals surface area contributed by atoms with Crippen molar-refractivity contribution >= 4 is 42.7 Å². The van der Waals surface area contributed by atoms with Crippen LogP contribution in [0.4, 0.5) is 0 Å². The van der Waals surface area contributed by atoms with Crippen molar-refractivity contribution in [2.24, 2.45) is 0 Å². The minimum absolute atomic E-state index is 0.660. The quantitative estimate of drug-likeness (QED) is 0.493. The monoisotopic (exact) mass is 312 g/mol. The Hall–Kier alpha value is 0.548. The summed E-state index contributed by atoms with van der Waals surface area (Å²) in [6.45, 7) is 0. The van der Waals surface area contributed by atoms with Gasteiger partial charge in [0.2, 0.25) is 0 Å². The summed E-state index contributed by atoms with van der Waals surface area (Å²) in [6, 6.07) is 9.80. The summed E-state index contributed by atoms with van der Waals surface area (Å²) in [7, 11) is 3.25. The average Bonchev–Trinajstić information content (AvgIpc) is 2.13. The molecule has 14 heavy (non-hydrogen) atoms. The summed E-state index contributed by atoms with van der Waals surface area (Å²) in [5.41, 5.74) is 1.16. The van der Waals surface area contributed by atoms with Crippen LogP contribution in [-0.2, 0) is 9.49 Å². The van der Waals surface area contributed by atoms with Gasteiger partial charge in [-0.2, -0.15) is 0 Å². The van der Waals surface area contributed by atoms with Gasteiger partial charge in [0.05, 0.1) is 0 Å². The molecule has 0 radical (unpaired) electrons. The first-order valence-electron chi connectivity index (χ1n) is 3.65. The van der Waals surface area contributed by atoms with Gasteiger partial charge in [-0.15, -0.1) is 0 Å². The molecule has 0 saturated heterocycles. The standard InChI is InChI=1S/C7H9AsO3S3/c9-8(10,11)13-14-12-6-7-4-2-1-3-5-7/h1-5H,6H2,(H2,9,10,11). The van der Waals surface area contributed by atoms with Gasteiger partial charge >= 0.3 is 96.3 Å². The van der Waals surface area contributed by atoms with E-state index in [2.05, 4.69) is 0 Å². The molecule has 0 saturated carbocycles. The summed E-state index contributed by atoms with van der Waals surface area (Å²) in [5.74, 6) is 0.758. The molecule has 78 valence electrons. The van der Waals surface area contributed by atoms with Gasteiger partial charge in [0.1, 0.15) is 0 Å². The number of hydrogen-bond acceptors (Lipinski definition) is 4. The molecule has 0 bridgehead atoms. The zero-order valence-corrected chi connectivity index (χ0v) is 11.4. The Kier molecular flexibility index (Phi) is 5.59. The van der Waals surface area contributed by atoms with Gasteiger partial charge in [-0.1, -0.05) is 0 Å². The molecule has 1 aromatic carbocycles. The molecule has 0 amide bonds. The zero-order valence-electron chi connectivity index (χ0n) is 7.07. The first kappa shape index (κ1) is 12.6. The van der Waals surface area contributed by atoms with Crippen LogP contribution in [0.5, 0.6) is 0 Å². The third kappa shape index (κ3) is 6.11. The van der Waals surface area contributed by atoms with E-state index in [1.807, 2.05) is 30.3 Å². The second kappa shape index (κ2) is 6.20. The molecule has 0 aliphatic carbocycles. The van der Waals surface area contributed by atoms with Gasteiger partial charge < -0.3 is 0 Å². The molecule has 0 fully saturated rings. The molecule has 0 aliphatic rings. The Morgan fingerprint density at radius 2 is 1.86 bits per heavy atom. The summed E-state index contributed by atoms with van der Waals surface area (Å²) in [5, 5.41) is 0. The van der Waals surface area contributed by atoms with Crippen LogP contribution in [0.25, 0.3) is 0 Å². The SMILES string of the molecule is O=[As](O)(O)SSSCc1ccccc1. The molecule has 0 aliphatic heterocycles. The Morgan fingerprint density at radius 3 is 2.43 bits per heavy atom. The molecular weight excluding hydrogens is 303 g/mol. The van der Waals surface area contributed by atoms with E-state index in [0.29, 0.717) is 9.06 Å². The minimum atomic E-state index is -4.49. The summed E-state index contributed by atoms with van der Waals surface area (Å²) in [6.07, 6.45) is 0. The van der Waals surface area contributed by atoms with E-state index in [1.54, 1.807) is 0 Å². The van der Waals surface area contributed by atoms with Crippen molar-refractivity contribution in [3.8, 4) is 0 Å². The summed E-state index contributed by atoms with van der Waals surface area (Å²) >= 11 is -4.49. The number of hydrogen-bond donors (Lipinski definition) is 2. The number of benzene rings is 1. The van der Waals surface area contributed by atoms with Crippen molar-refractivity contribution in [1.82, 2.24) is 0 Å². The van der Waals surface area contributed by atoms with E-state index in [0.717, 1.165) is 21.1 Å². The van der Waals surface area contributed by atoms with E-state index >= 15 is 0 Å². The third-order valence-electron chi connectivity index (χ3n) is 1.24. The van der Waals surface area contributed by atoms with Crippen LogP contribution in [-0.4, -0.2) is 21.2 Å². The topological polar surface area (TPSA) is 57.5 Å². The fourth-order valence-corrected chi connectivity index (χ4v) is 10.6. The third-order valence-corrected chi connectivity index (χ3v) is 12.0. The van der Waals surface area contributed by atoms with Crippen molar-refractivity contribution in [2.75, 3.05) is 0 Å². The van der Waals surface area contributed by atoms with Crippen molar-refractivity contribution in [3.05, 3.63) is 35.9 Å². The maximum atomic E-state index is 10.5. The molecule has 0 spiro atoms. The second-order valence-corrected chi connectivity index (χ2v) is 13.3. The molecule has 0 aromatic heterocycles. The van der Waals surface area contributed by atoms with Crippen molar-refractivity contribution in [1.29, 1.82) is 0 Å². The van der Waals surface area contributed by atoms with Crippen molar-refractivity contribution in [3.63, 3.8) is 0 Å². The van der Waals surface area contributed by atoms with Crippen molar-refractivity contribution < 1.29 is 11.9 Å². The average molecular weight is 312 g/mol. The van der Waals surface area contributed by atoms with Crippen LogP contribution < -0.4 is 0 Å². The fourth-order valence-electron chi connectivity index (χ4n) is 0.727. The second-order valence-electron chi connectivity index (χ2n) is 2.38. The van der Waals surface area contributed by atoms with Gasteiger partial charge in [-0.3, -0.25) is 0 Å². The molecule has 2 N–H and O–H groups in total.